The number of carboxylic acids is 1. The lowest BCUT2D eigenvalue weighted by Crippen LogP contribution is -2.38. The number of aryl methyl sites for hydroxylation is 1. The fourth-order valence-corrected chi connectivity index (χ4v) is 1.94. The molecule has 0 heterocycles. The molecular weight excluding hydrogens is 226 g/mol. The number of nitrogens with one attached hydrogen (secondary N) is 1. The molecule has 0 fully saturated rings. The van der Waals surface area contributed by atoms with Gasteiger partial charge in [-0.2, -0.15) is 0 Å². The largest absolute Gasteiger partial charge is 0.480 e. The lowest BCUT2D eigenvalue weighted by Gasteiger charge is -2.20. The van der Waals surface area contributed by atoms with Gasteiger partial charge in [-0.3, -0.25) is 10.1 Å². The molecule has 2 atom stereocenters. The molecular formula is C15H23NO2. The first-order valence-electron chi connectivity index (χ1n) is 6.60. The maximum atomic E-state index is 11.2. The molecule has 1 aromatic carbocycles. The topological polar surface area (TPSA) is 49.3 Å². The third-order valence-electron chi connectivity index (χ3n) is 3.17. The van der Waals surface area contributed by atoms with Crippen molar-refractivity contribution in [2.75, 3.05) is 0 Å². The van der Waals surface area contributed by atoms with Gasteiger partial charge in [-0.05, 0) is 25.8 Å². The van der Waals surface area contributed by atoms with Crippen LogP contribution in [0.1, 0.15) is 50.3 Å². The van der Waals surface area contributed by atoms with Gasteiger partial charge in [0.15, 0.2) is 0 Å². The van der Waals surface area contributed by atoms with Crippen molar-refractivity contribution in [2.45, 2.75) is 52.1 Å². The van der Waals surface area contributed by atoms with Crippen LogP contribution in [-0.2, 0) is 4.79 Å². The number of hydrogen-bond donors (Lipinski definition) is 2. The summed E-state index contributed by atoms with van der Waals surface area (Å²) in [5.41, 5.74) is 2.34. The van der Waals surface area contributed by atoms with E-state index < -0.39 is 12.0 Å². The van der Waals surface area contributed by atoms with Gasteiger partial charge in [0.1, 0.15) is 6.04 Å². The minimum absolute atomic E-state index is 0.0588. The Kier molecular flexibility index (Phi) is 5.86. The van der Waals surface area contributed by atoms with Gasteiger partial charge in [-0.25, -0.2) is 0 Å². The molecule has 2 unspecified atom stereocenters. The second-order valence-corrected chi connectivity index (χ2v) is 4.83. The monoisotopic (exact) mass is 249 g/mol. The number of carboxylic acid groups (broad SMARTS) is 1. The Morgan fingerprint density at radius 3 is 2.44 bits per heavy atom. The smallest absolute Gasteiger partial charge is 0.320 e. The third-order valence-corrected chi connectivity index (χ3v) is 3.17. The molecule has 0 aromatic heterocycles. The molecule has 0 bridgehead atoms. The lowest BCUT2D eigenvalue weighted by atomic mass is 10.0. The number of carbonyl (C=O) groups is 1. The maximum Gasteiger partial charge on any atom is 0.320 e. The van der Waals surface area contributed by atoms with Gasteiger partial charge in [0.2, 0.25) is 0 Å². The minimum atomic E-state index is -0.762. The van der Waals surface area contributed by atoms with Crippen LogP contribution in [-0.4, -0.2) is 17.1 Å². The second kappa shape index (κ2) is 7.17. The van der Waals surface area contributed by atoms with Crippen LogP contribution in [0.15, 0.2) is 24.3 Å². The lowest BCUT2D eigenvalue weighted by molar-refractivity contribution is -0.139. The molecule has 0 radical (unpaired) electrons. The second-order valence-electron chi connectivity index (χ2n) is 4.83. The first-order chi connectivity index (χ1) is 8.54. The highest BCUT2D eigenvalue weighted by atomic mass is 16.4. The fourth-order valence-electron chi connectivity index (χ4n) is 1.94. The van der Waals surface area contributed by atoms with Gasteiger partial charge in [0.25, 0.3) is 0 Å². The highest BCUT2D eigenvalue weighted by molar-refractivity contribution is 5.73. The van der Waals surface area contributed by atoms with Gasteiger partial charge in [-0.1, -0.05) is 49.6 Å². The molecule has 1 aromatic rings. The van der Waals surface area contributed by atoms with E-state index in [4.69, 9.17) is 0 Å². The quantitative estimate of drug-likeness (QED) is 0.779. The van der Waals surface area contributed by atoms with E-state index in [1.165, 1.54) is 5.56 Å². The van der Waals surface area contributed by atoms with Crippen LogP contribution in [0.25, 0.3) is 0 Å². The Labute approximate surface area is 109 Å². The summed E-state index contributed by atoms with van der Waals surface area (Å²) in [5.74, 6) is -0.762. The summed E-state index contributed by atoms with van der Waals surface area (Å²) in [6.07, 6.45) is 2.64. The highest BCUT2D eigenvalue weighted by Gasteiger charge is 2.19. The summed E-state index contributed by atoms with van der Waals surface area (Å²) in [5, 5.41) is 12.4. The molecule has 2 N–H and O–H groups in total. The molecule has 0 saturated heterocycles. The molecule has 18 heavy (non-hydrogen) atoms. The van der Waals surface area contributed by atoms with E-state index >= 15 is 0 Å². The summed E-state index contributed by atoms with van der Waals surface area (Å²) < 4.78 is 0. The Morgan fingerprint density at radius 2 is 1.94 bits per heavy atom. The zero-order valence-corrected chi connectivity index (χ0v) is 11.4. The van der Waals surface area contributed by atoms with Crippen molar-refractivity contribution in [3.05, 3.63) is 35.4 Å². The SMILES string of the molecule is CCCCC(NC(C)c1ccc(C)cc1)C(=O)O. The number of hydrogen-bond acceptors (Lipinski definition) is 2. The average Bonchev–Trinajstić information content (AvgIpc) is 2.34. The molecule has 0 amide bonds. The van der Waals surface area contributed by atoms with E-state index in [1.54, 1.807) is 0 Å². The first kappa shape index (κ1) is 14.7. The fraction of sp³-hybridized carbons (Fsp3) is 0.533. The maximum absolute atomic E-state index is 11.2. The van der Waals surface area contributed by atoms with Crippen molar-refractivity contribution >= 4 is 5.97 Å². The van der Waals surface area contributed by atoms with Crippen molar-refractivity contribution in [3.63, 3.8) is 0 Å². The van der Waals surface area contributed by atoms with Gasteiger partial charge in [0, 0.05) is 6.04 Å². The molecule has 0 spiro atoms. The van der Waals surface area contributed by atoms with E-state index in [2.05, 4.69) is 24.4 Å². The molecule has 3 heteroatoms. The number of aliphatic carboxylic acids is 1. The van der Waals surface area contributed by atoms with E-state index in [9.17, 15) is 9.90 Å². The van der Waals surface area contributed by atoms with E-state index in [1.807, 2.05) is 26.0 Å². The summed E-state index contributed by atoms with van der Waals surface area (Å²) in [6, 6.07) is 7.80. The predicted molar refractivity (Wildman–Crippen MR) is 73.7 cm³/mol. The summed E-state index contributed by atoms with van der Waals surface area (Å²) in [7, 11) is 0. The van der Waals surface area contributed by atoms with Crippen LogP contribution >= 0.6 is 0 Å². The molecule has 3 nitrogen and oxygen atoms in total. The normalized spacial score (nSPS) is 14.2. The predicted octanol–water partition coefficient (Wildman–Crippen LogP) is 3.29. The van der Waals surface area contributed by atoms with Crippen molar-refractivity contribution in [3.8, 4) is 0 Å². The molecule has 100 valence electrons. The van der Waals surface area contributed by atoms with E-state index in [0.29, 0.717) is 6.42 Å². The average molecular weight is 249 g/mol. The van der Waals surface area contributed by atoms with Gasteiger partial charge < -0.3 is 5.11 Å². The van der Waals surface area contributed by atoms with Crippen LogP contribution in [0.5, 0.6) is 0 Å². The van der Waals surface area contributed by atoms with E-state index in [0.717, 1.165) is 18.4 Å². The van der Waals surface area contributed by atoms with Crippen LogP contribution in [0.3, 0.4) is 0 Å². The Bertz CT molecular complexity index is 373. The zero-order valence-electron chi connectivity index (χ0n) is 11.4. The Hall–Kier alpha value is -1.35. The van der Waals surface area contributed by atoms with Gasteiger partial charge >= 0.3 is 5.97 Å². The number of rotatable bonds is 7. The standard InChI is InChI=1S/C15H23NO2/c1-4-5-6-14(15(17)18)16-12(3)13-9-7-11(2)8-10-13/h7-10,12,14,16H,4-6H2,1-3H3,(H,17,18). The first-order valence-corrected chi connectivity index (χ1v) is 6.60. The van der Waals surface area contributed by atoms with Gasteiger partial charge in [0.05, 0.1) is 0 Å². The van der Waals surface area contributed by atoms with Crippen LogP contribution in [0, 0.1) is 6.92 Å². The summed E-state index contributed by atoms with van der Waals surface area (Å²) in [6.45, 7) is 6.12. The summed E-state index contributed by atoms with van der Waals surface area (Å²) >= 11 is 0. The minimum Gasteiger partial charge on any atom is -0.480 e. The van der Waals surface area contributed by atoms with Crippen molar-refractivity contribution in [1.82, 2.24) is 5.32 Å². The number of unbranched alkanes of at least 4 members (excludes halogenated alkanes) is 1. The van der Waals surface area contributed by atoms with Crippen molar-refractivity contribution in [2.24, 2.45) is 0 Å². The van der Waals surface area contributed by atoms with Crippen molar-refractivity contribution in [1.29, 1.82) is 0 Å². The summed E-state index contributed by atoms with van der Waals surface area (Å²) in [4.78, 5) is 11.2. The van der Waals surface area contributed by atoms with Crippen LogP contribution in [0.2, 0.25) is 0 Å². The Balaban J connectivity index is 2.62. The van der Waals surface area contributed by atoms with Crippen LogP contribution in [0.4, 0.5) is 0 Å². The zero-order chi connectivity index (χ0) is 13.5. The van der Waals surface area contributed by atoms with E-state index in [-0.39, 0.29) is 6.04 Å². The molecule has 1 rings (SSSR count). The highest BCUT2D eigenvalue weighted by Crippen LogP contribution is 2.15. The Morgan fingerprint density at radius 1 is 1.33 bits per heavy atom. The molecule has 0 aliphatic rings. The van der Waals surface area contributed by atoms with Gasteiger partial charge in [-0.15, -0.1) is 0 Å². The molecule has 0 aliphatic heterocycles. The number of benzene rings is 1. The van der Waals surface area contributed by atoms with Crippen molar-refractivity contribution < 1.29 is 9.90 Å². The molecule has 0 saturated carbocycles. The molecule has 0 aliphatic carbocycles. The van der Waals surface area contributed by atoms with Crippen LogP contribution < -0.4 is 5.32 Å². The third kappa shape index (κ3) is 4.49.